The van der Waals surface area contributed by atoms with Crippen LogP contribution in [-0.4, -0.2) is 38.5 Å². The fourth-order valence-corrected chi connectivity index (χ4v) is 1.22. The Morgan fingerprint density at radius 2 is 1.69 bits per heavy atom. The highest BCUT2D eigenvalue weighted by Gasteiger charge is 2.12. The number of hydrogen-bond acceptors (Lipinski definition) is 4. The van der Waals surface area contributed by atoms with Crippen molar-refractivity contribution in [2.24, 2.45) is 5.92 Å². The van der Waals surface area contributed by atoms with Gasteiger partial charge in [0.1, 0.15) is 6.10 Å². The van der Waals surface area contributed by atoms with Gasteiger partial charge in [0.2, 0.25) is 0 Å². The van der Waals surface area contributed by atoms with E-state index in [1.165, 1.54) is 0 Å². The second kappa shape index (κ2) is 8.53. The quantitative estimate of drug-likeness (QED) is 0.601. The average molecular weight is 232 g/mol. The lowest BCUT2D eigenvalue weighted by atomic mass is 10.1. The Morgan fingerprint density at radius 3 is 2.19 bits per heavy atom. The van der Waals surface area contributed by atoms with Gasteiger partial charge in [0, 0.05) is 13.5 Å². The standard InChI is InChI=1S/C12H24O4/c1-9(2)6-12(13)16-11(4)8-15-10(3)7-14-5/h9-11H,6-8H2,1-5H3. The van der Waals surface area contributed by atoms with Crippen LogP contribution in [0.5, 0.6) is 0 Å². The fraction of sp³-hybridized carbons (Fsp3) is 0.917. The molecule has 16 heavy (non-hydrogen) atoms. The molecule has 0 radical (unpaired) electrons. The Hall–Kier alpha value is -0.610. The van der Waals surface area contributed by atoms with Crippen molar-refractivity contribution in [1.82, 2.24) is 0 Å². The molecule has 0 aliphatic heterocycles. The molecule has 0 fully saturated rings. The number of carbonyl (C=O) groups excluding carboxylic acids is 1. The molecule has 0 amide bonds. The molecular formula is C12H24O4. The van der Waals surface area contributed by atoms with Crippen molar-refractivity contribution in [3.05, 3.63) is 0 Å². The van der Waals surface area contributed by atoms with Gasteiger partial charge in [-0.3, -0.25) is 4.79 Å². The molecule has 0 aliphatic rings. The minimum absolute atomic E-state index is 0.0243. The van der Waals surface area contributed by atoms with E-state index in [-0.39, 0.29) is 18.2 Å². The summed E-state index contributed by atoms with van der Waals surface area (Å²) in [5, 5.41) is 0. The predicted molar refractivity (Wildman–Crippen MR) is 62.3 cm³/mol. The van der Waals surface area contributed by atoms with E-state index in [0.717, 1.165) is 0 Å². The zero-order valence-electron chi connectivity index (χ0n) is 11.0. The van der Waals surface area contributed by atoms with Crippen LogP contribution in [0.2, 0.25) is 0 Å². The summed E-state index contributed by atoms with van der Waals surface area (Å²) < 4.78 is 15.6. The van der Waals surface area contributed by atoms with Gasteiger partial charge < -0.3 is 14.2 Å². The van der Waals surface area contributed by atoms with E-state index in [4.69, 9.17) is 14.2 Å². The fourth-order valence-electron chi connectivity index (χ4n) is 1.22. The first-order valence-corrected chi connectivity index (χ1v) is 5.75. The van der Waals surface area contributed by atoms with Crippen LogP contribution in [0.1, 0.15) is 34.1 Å². The lowest BCUT2D eigenvalue weighted by Crippen LogP contribution is -2.25. The van der Waals surface area contributed by atoms with Gasteiger partial charge in [-0.1, -0.05) is 13.8 Å². The third kappa shape index (κ3) is 8.68. The van der Waals surface area contributed by atoms with Crippen LogP contribution in [0, 0.1) is 5.92 Å². The Balaban J connectivity index is 3.65. The third-order valence-corrected chi connectivity index (χ3v) is 1.92. The first kappa shape index (κ1) is 15.4. The monoisotopic (exact) mass is 232 g/mol. The molecule has 0 bridgehead atoms. The van der Waals surface area contributed by atoms with Gasteiger partial charge >= 0.3 is 5.97 Å². The van der Waals surface area contributed by atoms with Crippen molar-refractivity contribution < 1.29 is 19.0 Å². The van der Waals surface area contributed by atoms with E-state index in [2.05, 4.69) is 0 Å². The predicted octanol–water partition coefficient (Wildman–Crippen LogP) is 2.02. The second-order valence-electron chi connectivity index (χ2n) is 4.50. The molecule has 0 aliphatic carbocycles. The SMILES string of the molecule is COCC(C)OCC(C)OC(=O)CC(C)C. The summed E-state index contributed by atoms with van der Waals surface area (Å²) in [7, 11) is 1.63. The number of hydrogen-bond donors (Lipinski definition) is 0. The smallest absolute Gasteiger partial charge is 0.306 e. The van der Waals surface area contributed by atoms with E-state index in [1.54, 1.807) is 7.11 Å². The molecule has 0 N–H and O–H groups in total. The van der Waals surface area contributed by atoms with Crippen LogP contribution < -0.4 is 0 Å². The highest BCUT2D eigenvalue weighted by Crippen LogP contribution is 2.04. The zero-order chi connectivity index (χ0) is 12.6. The summed E-state index contributed by atoms with van der Waals surface area (Å²) in [4.78, 5) is 11.3. The first-order valence-electron chi connectivity index (χ1n) is 5.75. The van der Waals surface area contributed by atoms with E-state index < -0.39 is 0 Å². The maximum Gasteiger partial charge on any atom is 0.306 e. The topological polar surface area (TPSA) is 44.8 Å². The molecule has 0 heterocycles. The molecule has 96 valence electrons. The highest BCUT2D eigenvalue weighted by atomic mass is 16.6. The Kier molecular flexibility index (Phi) is 8.21. The number of methoxy groups -OCH3 is 1. The maximum atomic E-state index is 11.3. The number of carbonyl (C=O) groups is 1. The van der Waals surface area contributed by atoms with Crippen LogP contribution in [0.4, 0.5) is 0 Å². The minimum Gasteiger partial charge on any atom is -0.460 e. The Bertz CT molecular complexity index is 191. The molecule has 2 unspecified atom stereocenters. The molecule has 2 atom stereocenters. The van der Waals surface area contributed by atoms with Crippen molar-refractivity contribution in [3.8, 4) is 0 Å². The number of ether oxygens (including phenoxy) is 3. The van der Waals surface area contributed by atoms with Gasteiger partial charge in [-0.2, -0.15) is 0 Å². The van der Waals surface area contributed by atoms with Crippen LogP contribution in [-0.2, 0) is 19.0 Å². The summed E-state index contributed by atoms with van der Waals surface area (Å²) in [5.74, 6) is 0.165. The molecule has 0 aromatic carbocycles. The molecular weight excluding hydrogens is 208 g/mol. The van der Waals surface area contributed by atoms with E-state index in [0.29, 0.717) is 25.6 Å². The molecule has 0 spiro atoms. The van der Waals surface area contributed by atoms with Gasteiger partial charge in [0.15, 0.2) is 0 Å². The van der Waals surface area contributed by atoms with Crippen molar-refractivity contribution >= 4 is 5.97 Å². The van der Waals surface area contributed by atoms with Crippen molar-refractivity contribution in [3.63, 3.8) is 0 Å². The number of rotatable bonds is 8. The van der Waals surface area contributed by atoms with Crippen LogP contribution in [0.25, 0.3) is 0 Å². The maximum absolute atomic E-state index is 11.3. The summed E-state index contributed by atoms with van der Waals surface area (Å²) in [6.07, 6.45) is 0.277. The molecule has 0 rings (SSSR count). The van der Waals surface area contributed by atoms with Crippen molar-refractivity contribution in [2.45, 2.75) is 46.3 Å². The van der Waals surface area contributed by atoms with E-state index >= 15 is 0 Å². The van der Waals surface area contributed by atoms with Crippen LogP contribution >= 0.6 is 0 Å². The number of esters is 1. The molecule has 4 heteroatoms. The minimum atomic E-state index is -0.203. The lowest BCUT2D eigenvalue weighted by molar-refractivity contribution is -0.153. The Morgan fingerprint density at radius 1 is 1.06 bits per heavy atom. The molecule has 0 saturated heterocycles. The largest absolute Gasteiger partial charge is 0.460 e. The van der Waals surface area contributed by atoms with Gasteiger partial charge in [-0.05, 0) is 19.8 Å². The van der Waals surface area contributed by atoms with Crippen molar-refractivity contribution in [1.29, 1.82) is 0 Å². The normalized spacial score (nSPS) is 14.9. The summed E-state index contributed by atoms with van der Waals surface area (Å²) in [6.45, 7) is 8.69. The van der Waals surface area contributed by atoms with Gasteiger partial charge in [-0.15, -0.1) is 0 Å². The molecule has 0 aromatic rings. The van der Waals surface area contributed by atoms with E-state index in [1.807, 2.05) is 27.7 Å². The van der Waals surface area contributed by atoms with Crippen molar-refractivity contribution in [2.75, 3.05) is 20.3 Å². The van der Waals surface area contributed by atoms with Crippen LogP contribution in [0.3, 0.4) is 0 Å². The zero-order valence-corrected chi connectivity index (χ0v) is 11.0. The Labute approximate surface area is 98.3 Å². The van der Waals surface area contributed by atoms with E-state index in [9.17, 15) is 4.79 Å². The summed E-state index contributed by atoms with van der Waals surface area (Å²) in [6, 6.07) is 0. The average Bonchev–Trinajstić information content (AvgIpc) is 2.13. The molecule has 0 aromatic heterocycles. The molecule has 0 saturated carbocycles. The second-order valence-corrected chi connectivity index (χ2v) is 4.50. The van der Waals surface area contributed by atoms with Gasteiger partial charge in [0.05, 0.1) is 19.3 Å². The van der Waals surface area contributed by atoms with Gasteiger partial charge in [0.25, 0.3) is 0 Å². The van der Waals surface area contributed by atoms with Gasteiger partial charge in [-0.25, -0.2) is 0 Å². The summed E-state index contributed by atoms with van der Waals surface area (Å²) >= 11 is 0. The third-order valence-electron chi connectivity index (χ3n) is 1.92. The van der Waals surface area contributed by atoms with Crippen LogP contribution in [0.15, 0.2) is 0 Å². The highest BCUT2D eigenvalue weighted by molar-refractivity contribution is 5.69. The first-order chi connectivity index (χ1) is 7.45. The molecule has 4 nitrogen and oxygen atoms in total. The lowest BCUT2D eigenvalue weighted by Gasteiger charge is -2.17. The summed E-state index contributed by atoms with van der Waals surface area (Å²) in [5.41, 5.74) is 0.